The van der Waals surface area contributed by atoms with E-state index in [4.69, 9.17) is 0 Å². The Balaban J connectivity index is 1.96. The lowest BCUT2D eigenvalue weighted by molar-refractivity contribution is 0.258. The minimum absolute atomic E-state index is 0.308. The highest BCUT2D eigenvalue weighted by Crippen LogP contribution is 2.20. The molecule has 0 aromatic heterocycles. The van der Waals surface area contributed by atoms with E-state index in [1.807, 2.05) is 26.8 Å². The van der Waals surface area contributed by atoms with Gasteiger partial charge in [-0.1, -0.05) is 30.3 Å². The molecule has 0 radical (unpaired) electrons. The number of aliphatic imine (C=N–C) groups is 1. The topological polar surface area (TPSA) is 85.8 Å². The summed E-state index contributed by atoms with van der Waals surface area (Å²) in [5.41, 5.74) is 0.683. The van der Waals surface area contributed by atoms with Crippen LogP contribution in [0, 0.1) is 0 Å². The molecule has 1 aromatic carbocycles. The number of nitrogens with zero attached hydrogens (tertiary/aromatic N) is 2. The van der Waals surface area contributed by atoms with E-state index in [2.05, 4.69) is 56.4 Å². The average Bonchev–Trinajstić information content (AvgIpc) is 2.91. The molecule has 3 N–H and O–H groups in total. The highest BCUT2D eigenvalue weighted by atomic mass is 32.2. The van der Waals surface area contributed by atoms with Crippen LogP contribution in [0.25, 0.3) is 0 Å². The van der Waals surface area contributed by atoms with E-state index in [0.29, 0.717) is 18.6 Å². The fraction of sp³-hybridized carbons (Fsp3) is 0.650. The molecule has 2 unspecified atom stereocenters. The van der Waals surface area contributed by atoms with Gasteiger partial charge in [0.05, 0.1) is 12.8 Å². The Hall–Kier alpha value is -1.64. The molecule has 1 fully saturated rings. The van der Waals surface area contributed by atoms with Crippen LogP contribution in [0.5, 0.6) is 0 Å². The largest absolute Gasteiger partial charge is 0.357 e. The zero-order valence-electron chi connectivity index (χ0n) is 17.7. The minimum atomic E-state index is -3.28. The first kappa shape index (κ1) is 22.6. The van der Waals surface area contributed by atoms with Crippen molar-refractivity contribution in [1.82, 2.24) is 20.3 Å². The number of hydrogen-bond donors (Lipinski definition) is 3. The Morgan fingerprint density at radius 2 is 1.96 bits per heavy atom. The third-order valence-electron chi connectivity index (χ3n) is 4.71. The summed E-state index contributed by atoms with van der Waals surface area (Å²) in [6.07, 6.45) is 2.21. The maximum absolute atomic E-state index is 11.5. The number of rotatable bonds is 8. The van der Waals surface area contributed by atoms with Crippen LogP contribution in [-0.2, 0) is 16.6 Å². The summed E-state index contributed by atoms with van der Waals surface area (Å²) in [6.45, 7) is 10.9. The van der Waals surface area contributed by atoms with Crippen LogP contribution in [0.1, 0.15) is 39.7 Å². The van der Waals surface area contributed by atoms with E-state index in [1.165, 1.54) is 11.8 Å². The Kier molecular flexibility index (Phi) is 7.86. The van der Waals surface area contributed by atoms with E-state index in [1.54, 1.807) is 0 Å². The van der Waals surface area contributed by atoms with Gasteiger partial charge in [0.2, 0.25) is 10.0 Å². The third-order valence-corrected chi connectivity index (χ3v) is 5.63. The lowest BCUT2D eigenvalue weighted by Crippen LogP contribution is -2.48. The maximum Gasteiger partial charge on any atom is 0.209 e. The quantitative estimate of drug-likeness (QED) is 0.448. The molecule has 0 aliphatic carbocycles. The van der Waals surface area contributed by atoms with Crippen LogP contribution in [0.2, 0.25) is 0 Å². The smallest absolute Gasteiger partial charge is 0.209 e. The van der Waals surface area contributed by atoms with Gasteiger partial charge in [-0.15, -0.1) is 0 Å². The lowest BCUT2D eigenvalue weighted by Gasteiger charge is -2.24. The van der Waals surface area contributed by atoms with Crippen molar-refractivity contribution in [2.24, 2.45) is 4.99 Å². The molecular formula is C20H35N5O2S. The molecule has 2 rings (SSSR count). The summed E-state index contributed by atoms with van der Waals surface area (Å²) in [5, 5.41) is 6.79. The molecule has 1 aromatic rings. The van der Waals surface area contributed by atoms with Crippen LogP contribution >= 0.6 is 0 Å². The van der Waals surface area contributed by atoms with Crippen molar-refractivity contribution in [2.75, 3.05) is 25.9 Å². The van der Waals surface area contributed by atoms with Gasteiger partial charge in [-0.2, -0.15) is 0 Å². The highest BCUT2D eigenvalue weighted by molar-refractivity contribution is 7.88. The summed E-state index contributed by atoms with van der Waals surface area (Å²) in [7, 11) is -3.28. The van der Waals surface area contributed by atoms with Crippen LogP contribution in [0.3, 0.4) is 0 Å². The minimum Gasteiger partial charge on any atom is -0.357 e. The van der Waals surface area contributed by atoms with Crippen molar-refractivity contribution in [2.45, 2.75) is 58.3 Å². The number of guanidine groups is 1. The van der Waals surface area contributed by atoms with Crippen LogP contribution < -0.4 is 15.4 Å². The van der Waals surface area contributed by atoms with Gasteiger partial charge in [0.15, 0.2) is 5.96 Å². The van der Waals surface area contributed by atoms with Crippen molar-refractivity contribution in [3.05, 3.63) is 35.9 Å². The second kappa shape index (κ2) is 9.71. The fourth-order valence-corrected chi connectivity index (χ4v) is 4.63. The zero-order valence-corrected chi connectivity index (χ0v) is 18.5. The normalized spacial score (nSPS) is 21.7. The summed E-state index contributed by atoms with van der Waals surface area (Å²) in [6, 6.07) is 11.3. The van der Waals surface area contributed by atoms with Gasteiger partial charge < -0.3 is 10.6 Å². The fourth-order valence-electron chi connectivity index (χ4n) is 3.57. The van der Waals surface area contributed by atoms with E-state index in [0.717, 1.165) is 32.0 Å². The van der Waals surface area contributed by atoms with E-state index < -0.39 is 15.6 Å². The molecule has 2 atom stereocenters. The zero-order chi connectivity index (χ0) is 20.8. The number of hydrogen-bond acceptors (Lipinski definition) is 4. The second-order valence-corrected chi connectivity index (χ2v) is 10.0. The summed E-state index contributed by atoms with van der Waals surface area (Å²) >= 11 is 0. The molecule has 8 heteroatoms. The van der Waals surface area contributed by atoms with Gasteiger partial charge in [0.1, 0.15) is 0 Å². The maximum atomic E-state index is 11.5. The third kappa shape index (κ3) is 7.77. The van der Waals surface area contributed by atoms with Gasteiger partial charge >= 0.3 is 0 Å². The molecule has 0 saturated carbocycles. The predicted molar refractivity (Wildman–Crippen MR) is 116 cm³/mol. The molecule has 28 heavy (non-hydrogen) atoms. The number of sulfonamides is 1. The van der Waals surface area contributed by atoms with Gasteiger partial charge in [0.25, 0.3) is 0 Å². The van der Waals surface area contributed by atoms with Crippen LogP contribution in [-0.4, -0.2) is 62.8 Å². The Morgan fingerprint density at radius 3 is 2.57 bits per heavy atom. The van der Waals surface area contributed by atoms with Crippen molar-refractivity contribution in [3.8, 4) is 0 Å². The molecule has 0 spiro atoms. The van der Waals surface area contributed by atoms with Crippen molar-refractivity contribution in [1.29, 1.82) is 0 Å². The Morgan fingerprint density at radius 1 is 1.29 bits per heavy atom. The first-order valence-corrected chi connectivity index (χ1v) is 11.8. The molecule has 1 aliphatic rings. The first-order chi connectivity index (χ1) is 13.1. The summed E-state index contributed by atoms with van der Waals surface area (Å²) in [4.78, 5) is 7.09. The SMILES string of the molecule is CCNC(=NCC(C)(C)NS(C)(=O)=O)NC1CC(C)N(Cc2ccccc2)C1. The van der Waals surface area contributed by atoms with Crippen LogP contribution in [0.4, 0.5) is 0 Å². The molecule has 1 saturated heterocycles. The summed E-state index contributed by atoms with van der Waals surface area (Å²) in [5.74, 6) is 0.727. The van der Waals surface area contributed by atoms with Crippen LogP contribution in [0.15, 0.2) is 35.3 Å². The second-order valence-electron chi connectivity index (χ2n) is 8.29. The van der Waals surface area contributed by atoms with Gasteiger partial charge in [-0.05, 0) is 39.7 Å². The first-order valence-electron chi connectivity index (χ1n) is 9.90. The molecule has 0 bridgehead atoms. The Labute approximate surface area is 170 Å². The molecule has 7 nitrogen and oxygen atoms in total. The lowest BCUT2D eigenvalue weighted by atomic mass is 10.1. The van der Waals surface area contributed by atoms with E-state index >= 15 is 0 Å². The molecular weight excluding hydrogens is 374 g/mol. The standard InChI is InChI=1S/C20H35N5O2S/c1-6-21-19(22-15-20(3,4)24-28(5,26)27)23-18-12-16(2)25(14-18)13-17-10-8-7-9-11-17/h7-11,16,18,24H,6,12-15H2,1-5H3,(H2,21,22,23). The van der Waals surface area contributed by atoms with E-state index in [9.17, 15) is 8.42 Å². The monoisotopic (exact) mass is 409 g/mol. The van der Waals surface area contributed by atoms with Crippen molar-refractivity contribution in [3.63, 3.8) is 0 Å². The molecule has 1 heterocycles. The number of likely N-dealkylation sites (tertiary alicyclic amines) is 1. The molecule has 1 aliphatic heterocycles. The average molecular weight is 410 g/mol. The summed E-state index contributed by atoms with van der Waals surface area (Å²) < 4.78 is 25.7. The van der Waals surface area contributed by atoms with Gasteiger partial charge in [-0.25, -0.2) is 13.1 Å². The molecule has 158 valence electrons. The van der Waals surface area contributed by atoms with Gasteiger partial charge in [-0.3, -0.25) is 9.89 Å². The highest BCUT2D eigenvalue weighted by Gasteiger charge is 2.29. The van der Waals surface area contributed by atoms with Crippen molar-refractivity contribution >= 4 is 16.0 Å². The number of benzene rings is 1. The van der Waals surface area contributed by atoms with Crippen molar-refractivity contribution < 1.29 is 8.42 Å². The predicted octanol–water partition coefficient (Wildman–Crippen LogP) is 1.53. The number of nitrogens with one attached hydrogen (secondary N) is 3. The van der Waals surface area contributed by atoms with E-state index in [-0.39, 0.29) is 0 Å². The molecule has 0 amide bonds. The Bertz CT molecular complexity index is 749. The van der Waals surface area contributed by atoms with Gasteiger partial charge in [0, 0.05) is 37.3 Å².